The van der Waals surface area contributed by atoms with Crippen LogP contribution >= 0.6 is 0 Å². The summed E-state index contributed by atoms with van der Waals surface area (Å²) in [5.41, 5.74) is 2.22. The molecule has 1 aromatic heterocycles. The average Bonchev–Trinajstić information content (AvgIpc) is 2.55. The zero-order valence-corrected chi connectivity index (χ0v) is 11.5. The molecule has 0 saturated heterocycles. The molecule has 3 aromatic rings. The van der Waals surface area contributed by atoms with Crippen molar-refractivity contribution in [2.24, 2.45) is 0 Å². The molecule has 0 aliphatic carbocycles. The van der Waals surface area contributed by atoms with Crippen LogP contribution in [0.4, 0.5) is 13.2 Å². The van der Waals surface area contributed by atoms with E-state index in [-0.39, 0.29) is 0 Å². The van der Waals surface area contributed by atoms with Crippen LogP contribution in [-0.2, 0) is 6.18 Å². The molecule has 3 rings (SSSR count). The predicted octanol–water partition coefficient (Wildman–Crippen LogP) is 5.43. The summed E-state index contributed by atoms with van der Waals surface area (Å²) in [5.74, 6) is 0. The van der Waals surface area contributed by atoms with Crippen molar-refractivity contribution in [1.82, 2.24) is 4.98 Å². The zero-order valence-electron chi connectivity index (χ0n) is 11.5. The summed E-state index contributed by atoms with van der Waals surface area (Å²) in [6.45, 7) is 0. The van der Waals surface area contributed by atoms with Crippen LogP contribution in [0.25, 0.3) is 22.4 Å². The molecular weight excluding hydrogens is 287 g/mol. The van der Waals surface area contributed by atoms with Crippen LogP contribution in [0.2, 0.25) is 0 Å². The Morgan fingerprint density at radius 2 is 1.41 bits per heavy atom. The molecule has 0 atom stereocenters. The van der Waals surface area contributed by atoms with Gasteiger partial charge in [-0.05, 0) is 35.4 Å². The SMILES string of the molecule is FC(F)(F)c1cccc(-c2cc(-c3ccccc3)ccn2)c1. The van der Waals surface area contributed by atoms with Gasteiger partial charge in [0.15, 0.2) is 0 Å². The lowest BCUT2D eigenvalue weighted by Gasteiger charge is -2.09. The quantitative estimate of drug-likeness (QED) is 0.614. The lowest BCUT2D eigenvalue weighted by molar-refractivity contribution is -0.137. The number of halogens is 3. The number of hydrogen-bond acceptors (Lipinski definition) is 1. The summed E-state index contributed by atoms with van der Waals surface area (Å²) in [4.78, 5) is 4.19. The molecule has 110 valence electrons. The Hall–Kier alpha value is -2.62. The van der Waals surface area contributed by atoms with Crippen LogP contribution in [0.3, 0.4) is 0 Å². The number of pyridine rings is 1. The summed E-state index contributed by atoms with van der Waals surface area (Å²) >= 11 is 0. The molecule has 0 spiro atoms. The monoisotopic (exact) mass is 299 g/mol. The fraction of sp³-hybridized carbons (Fsp3) is 0.0556. The summed E-state index contributed by atoms with van der Waals surface area (Å²) in [6.07, 6.45) is -2.75. The van der Waals surface area contributed by atoms with E-state index < -0.39 is 11.7 Å². The van der Waals surface area contributed by atoms with Crippen molar-refractivity contribution < 1.29 is 13.2 Å². The van der Waals surface area contributed by atoms with Crippen LogP contribution in [0.5, 0.6) is 0 Å². The molecule has 4 heteroatoms. The van der Waals surface area contributed by atoms with E-state index >= 15 is 0 Å². The van der Waals surface area contributed by atoms with Gasteiger partial charge in [0.1, 0.15) is 0 Å². The molecule has 1 heterocycles. The van der Waals surface area contributed by atoms with Crippen LogP contribution in [-0.4, -0.2) is 4.98 Å². The van der Waals surface area contributed by atoms with E-state index in [2.05, 4.69) is 4.98 Å². The first-order valence-electron chi connectivity index (χ1n) is 6.73. The molecule has 0 unspecified atom stereocenters. The maximum atomic E-state index is 12.8. The molecule has 0 amide bonds. The van der Waals surface area contributed by atoms with Crippen molar-refractivity contribution in [2.75, 3.05) is 0 Å². The molecule has 0 saturated carbocycles. The molecule has 0 N–H and O–H groups in total. The standard InChI is InChI=1S/C18H12F3N/c19-18(20,21)16-8-4-7-15(11-16)17-12-14(9-10-22-17)13-5-2-1-3-6-13/h1-12H. The highest BCUT2D eigenvalue weighted by atomic mass is 19.4. The van der Waals surface area contributed by atoms with Gasteiger partial charge in [-0.3, -0.25) is 4.98 Å². The minimum atomic E-state index is -4.35. The van der Waals surface area contributed by atoms with Gasteiger partial charge in [-0.1, -0.05) is 42.5 Å². The van der Waals surface area contributed by atoms with Crippen molar-refractivity contribution >= 4 is 0 Å². The summed E-state index contributed by atoms with van der Waals surface area (Å²) in [7, 11) is 0. The third-order valence-corrected chi connectivity index (χ3v) is 3.35. The minimum Gasteiger partial charge on any atom is -0.256 e. The van der Waals surface area contributed by atoms with Gasteiger partial charge in [0, 0.05) is 11.8 Å². The number of benzene rings is 2. The summed E-state index contributed by atoms with van der Waals surface area (Å²) in [6, 6.07) is 18.5. The Morgan fingerprint density at radius 1 is 0.682 bits per heavy atom. The van der Waals surface area contributed by atoms with E-state index in [0.717, 1.165) is 23.3 Å². The minimum absolute atomic E-state index is 0.451. The van der Waals surface area contributed by atoms with Gasteiger partial charge in [0.2, 0.25) is 0 Å². The van der Waals surface area contributed by atoms with Gasteiger partial charge < -0.3 is 0 Å². The molecule has 22 heavy (non-hydrogen) atoms. The summed E-state index contributed by atoms with van der Waals surface area (Å²) in [5, 5.41) is 0. The van der Waals surface area contributed by atoms with E-state index in [9.17, 15) is 13.2 Å². The van der Waals surface area contributed by atoms with Crippen molar-refractivity contribution in [2.45, 2.75) is 6.18 Å². The third-order valence-electron chi connectivity index (χ3n) is 3.35. The molecule has 2 aromatic carbocycles. The highest BCUT2D eigenvalue weighted by Gasteiger charge is 2.30. The van der Waals surface area contributed by atoms with E-state index in [1.807, 2.05) is 36.4 Å². The van der Waals surface area contributed by atoms with Crippen LogP contribution in [0.15, 0.2) is 72.9 Å². The van der Waals surface area contributed by atoms with Crippen LogP contribution in [0.1, 0.15) is 5.56 Å². The Labute approximate surface area is 126 Å². The highest BCUT2D eigenvalue weighted by molar-refractivity contribution is 5.70. The second-order valence-corrected chi connectivity index (χ2v) is 4.87. The summed E-state index contributed by atoms with van der Waals surface area (Å²) < 4.78 is 38.4. The topological polar surface area (TPSA) is 12.9 Å². The number of hydrogen-bond donors (Lipinski definition) is 0. The molecular formula is C18H12F3N. The third kappa shape index (κ3) is 3.01. The average molecular weight is 299 g/mol. The van der Waals surface area contributed by atoms with Crippen LogP contribution < -0.4 is 0 Å². The second kappa shape index (κ2) is 5.64. The highest BCUT2D eigenvalue weighted by Crippen LogP contribution is 2.32. The number of rotatable bonds is 2. The largest absolute Gasteiger partial charge is 0.416 e. The van der Waals surface area contributed by atoms with Gasteiger partial charge in [-0.2, -0.15) is 13.2 Å². The fourth-order valence-electron chi connectivity index (χ4n) is 2.25. The van der Waals surface area contributed by atoms with Crippen molar-refractivity contribution in [3.8, 4) is 22.4 Å². The van der Waals surface area contributed by atoms with Gasteiger partial charge >= 0.3 is 6.18 Å². The molecule has 0 radical (unpaired) electrons. The fourth-order valence-corrected chi connectivity index (χ4v) is 2.25. The van der Waals surface area contributed by atoms with Gasteiger partial charge in [-0.25, -0.2) is 0 Å². The maximum Gasteiger partial charge on any atom is 0.416 e. The zero-order chi connectivity index (χ0) is 15.6. The lowest BCUT2D eigenvalue weighted by atomic mass is 10.0. The van der Waals surface area contributed by atoms with Crippen LogP contribution in [0, 0.1) is 0 Å². The Morgan fingerprint density at radius 3 is 2.14 bits per heavy atom. The first kappa shape index (κ1) is 14.3. The lowest BCUT2D eigenvalue weighted by Crippen LogP contribution is -2.04. The smallest absolute Gasteiger partial charge is 0.256 e. The van der Waals surface area contributed by atoms with E-state index in [1.165, 1.54) is 6.07 Å². The van der Waals surface area contributed by atoms with Crippen molar-refractivity contribution in [1.29, 1.82) is 0 Å². The number of nitrogens with zero attached hydrogens (tertiary/aromatic N) is 1. The van der Waals surface area contributed by atoms with Crippen molar-refractivity contribution in [3.05, 3.63) is 78.5 Å². The second-order valence-electron chi connectivity index (χ2n) is 4.87. The molecule has 0 fully saturated rings. The number of aromatic nitrogens is 1. The first-order valence-corrected chi connectivity index (χ1v) is 6.73. The van der Waals surface area contributed by atoms with E-state index in [4.69, 9.17) is 0 Å². The predicted molar refractivity (Wildman–Crippen MR) is 80.1 cm³/mol. The molecule has 1 nitrogen and oxygen atoms in total. The van der Waals surface area contributed by atoms with E-state index in [0.29, 0.717) is 11.3 Å². The Balaban J connectivity index is 2.03. The van der Waals surface area contributed by atoms with Gasteiger partial charge in [0.25, 0.3) is 0 Å². The van der Waals surface area contributed by atoms with Gasteiger partial charge in [-0.15, -0.1) is 0 Å². The van der Waals surface area contributed by atoms with Crippen molar-refractivity contribution in [3.63, 3.8) is 0 Å². The van der Waals surface area contributed by atoms with E-state index in [1.54, 1.807) is 18.3 Å². The Bertz CT molecular complexity index is 780. The molecule has 0 bridgehead atoms. The Kier molecular flexibility index (Phi) is 3.67. The maximum absolute atomic E-state index is 12.8. The molecule has 0 aliphatic rings. The first-order chi connectivity index (χ1) is 10.5. The number of alkyl halides is 3. The van der Waals surface area contributed by atoms with Gasteiger partial charge in [0.05, 0.1) is 11.3 Å². The molecule has 0 aliphatic heterocycles. The normalized spacial score (nSPS) is 11.4.